The highest BCUT2D eigenvalue weighted by atomic mass is 32.2. The zero-order valence-corrected chi connectivity index (χ0v) is 20.2. The van der Waals surface area contributed by atoms with Gasteiger partial charge in [-0.3, -0.25) is 9.78 Å². The molecular weight excluding hydrogens is 474 g/mol. The van der Waals surface area contributed by atoms with E-state index in [2.05, 4.69) is 15.3 Å². The van der Waals surface area contributed by atoms with Gasteiger partial charge in [-0.15, -0.1) is 0 Å². The summed E-state index contributed by atoms with van der Waals surface area (Å²) in [5.41, 5.74) is 0.608. The van der Waals surface area contributed by atoms with Gasteiger partial charge < -0.3 is 5.32 Å². The topological polar surface area (TPSA) is 92.3 Å². The Morgan fingerprint density at radius 2 is 1.89 bits per heavy atom. The summed E-state index contributed by atoms with van der Waals surface area (Å²) in [7, 11) is -3.79. The number of halogens is 2. The Labute approximate surface area is 203 Å². The second-order valence-corrected chi connectivity index (χ2v) is 10.7. The molecule has 0 radical (unpaired) electrons. The first-order valence-electron chi connectivity index (χ1n) is 11.3. The number of nitrogens with zero attached hydrogens (tertiary/aromatic N) is 3. The Morgan fingerprint density at radius 1 is 1.14 bits per heavy atom. The fraction of sp³-hybridized carbons (Fsp3) is 0.320. The number of hydrogen-bond acceptors (Lipinski definition) is 5. The molecule has 3 aromatic rings. The van der Waals surface area contributed by atoms with Crippen molar-refractivity contribution >= 4 is 15.9 Å². The average molecular weight is 501 g/mol. The minimum Gasteiger partial charge on any atom is -0.344 e. The molecule has 1 saturated heterocycles. The Balaban J connectivity index is 1.55. The molecule has 1 unspecified atom stereocenters. The molecule has 1 aromatic heterocycles. The molecule has 0 bridgehead atoms. The van der Waals surface area contributed by atoms with E-state index >= 15 is 8.78 Å². The normalized spacial score (nSPS) is 20.8. The van der Waals surface area contributed by atoms with Crippen LogP contribution in [0.4, 0.5) is 8.78 Å². The van der Waals surface area contributed by atoms with Gasteiger partial charge in [-0.1, -0.05) is 30.3 Å². The molecule has 10 heteroatoms. The van der Waals surface area contributed by atoms with Gasteiger partial charge in [0.15, 0.2) is 0 Å². The van der Waals surface area contributed by atoms with Crippen LogP contribution in [0.3, 0.4) is 0 Å². The van der Waals surface area contributed by atoms with Gasteiger partial charge in [-0.05, 0) is 44.4 Å². The number of sulfonamides is 1. The number of carbonyl (C=O) groups excluding carboxylic acids is 1. The van der Waals surface area contributed by atoms with E-state index in [0.29, 0.717) is 18.4 Å². The summed E-state index contributed by atoms with van der Waals surface area (Å²) < 4.78 is 58.2. The molecule has 1 N–H and O–H groups in total. The third-order valence-corrected chi connectivity index (χ3v) is 8.67. The van der Waals surface area contributed by atoms with Gasteiger partial charge in [0, 0.05) is 36.1 Å². The Morgan fingerprint density at radius 3 is 2.57 bits per heavy atom. The lowest BCUT2D eigenvalue weighted by atomic mass is 10.0. The molecule has 1 aliphatic heterocycles. The third kappa shape index (κ3) is 5.23. The molecule has 2 aromatic carbocycles. The minimum atomic E-state index is -3.79. The van der Waals surface area contributed by atoms with E-state index in [1.54, 1.807) is 31.2 Å². The van der Waals surface area contributed by atoms with Crippen LogP contribution in [0.15, 0.2) is 61.1 Å². The van der Waals surface area contributed by atoms with E-state index in [1.807, 2.05) is 6.07 Å². The van der Waals surface area contributed by atoms with Gasteiger partial charge in [0.25, 0.3) is 5.91 Å². The highest BCUT2D eigenvalue weighted by Crippen LogP contribution is 2.38. The van der Waals surface area contributed by atoms with E-state index in [-0.39, 0.29) is 29.4 Å². The van der Waals surface area contributed by atoms with Gasteiger partial charge in [0.05, 0.1) is 12.2 Å². The lowest BCUT2D eigenvalue weighted by Crippen LogP contribution is -2.44. The maximum absolute atomic E-state index is 15.1. The van der Waals surface area contributed by atoms with Crippen molar-refractivity contribution in [1.29, 1.82) is 0 Å². The zero-order valence-electron chi connectivity index (χ0n) is 19.4. The highest BCUT2D eigenvalue weighted by Gasteiger charge is 2.40. The summed E-state index contributed by atoms with van der Waals surface area (Å²) in [5, 5.41) is 1.84. The molecule has 1 aliphatic rings. The summed E-state index contributed by atoms with van der Waals surface area (Å²) >= 11 is 0. The Kier molecular flexibility index (Phi) is 7.23. The first-order valence-corrected chi connectivity index (χ1v) is 12.8. The zero-order chi connectivity index (χ0) is 25.2. The second kappa shape index (κ2) is 10.2. The Bertz CT molecular complexity index is 1310. The summed E-state index contributed by atoms with van der Waals surface area (Å²) in [6, 6.07) is 9.71. The predicted molar refractivity (Wildman–Crippen MR) is 127 cm³/mol. The molecule has 0 saturated carbocycles. The molecule has 1 fully saturated rings. The van der Waals surface area contributed by atoms with Gasteiger partial charge in [0.1, 0.15) is 22.6 Å². The third-order valence-electron chi connectivity index (χ3n) is 6.30. The summed E-state index contributed by atoms with van der Waals surface area (Å²) in [5.74, 6) is -2.06. The van der Waals surface area contributed by atoms with E-state index in [9.17, 15) is 13.2 Å². The standard InChI is InChI=1S/C25H26F2N4O3S/c1-16-8-9-24(18-6-4-3-5-7-18)35(33,34)31(16)15-19-12-22(27)20(13-21(19)26)17(2)30-25(32)23-14-28-10-11-29-23/h3-7,10-14,16-17,24H,8-9,15H2,1-2H3,(H,30,32)/t16-,17?,24+/m1/s1. The fourth-order valence-electron chi connectivity index (χ4n) is 4.34. The Hall–Kier alpha value is -3.24. The average Bonchev–Trinajstić information content (AvgIpc) is 2.84. The smallest absolute Gasteiger partial charge is 0.271 e. The van der Waals surface area contributed by atoms with E-state index in [1.165, 1.54) is 29.8 Å². The van der Waals surface area contributed by atoms with Crippen molar-refractivity contribution in [3.8, 4) is 0 Å². The fourth-order valence-corrected chi connectivity index (χ4v) is 6.53. The highest BCUT2D eigenvalue weighted by molar-refractivity contribution is 7.89. The molecule has 1 amide bonds. The molecule has 7 nitrogen and oxygen atoms in total. The number of hydrogen-bond donors (Lipinski definition) is 1. The van der Waals surface area contributed by atoms with Crippen LogP contribution in [0.5, 0.6) is 0 Å². The largest absolute Gasteiger partial charge is 0.344 e. The monoisotopic (exact) mass is 500 g/mol. The maximum Gasteiger partial charge on any atom is 0.271 e. The van der Waals surface area contributed by atoms with Crippen LogP contribution in [-0.2, 0) is 16.6 Å². The number of aromatic nitrogens is 2. The molecule has 0 spiro atoms. The molecule has 35 heavy (non-hydrogen) atoms. The lowest BCUT2D eigenvalue weighted by molar-refractivity contribution is 0.0933. The molecule has 2 heterocycles. The SMILES string of the molecule is CC(NC(=O)c1cnccn1)c1cc(F)c(CN2[C@H](C)CC[C@@H](c3ccccc3)S2(=O)=O)cc1F. The predicted octanol–water partition coefficient (Wildman–Crippen LogP) is 4.30. The maximum atomic E-state index is 15.1. The van der Waals surface area contributed by atoms with Crippen LogP contribution in [0, 0.1) is 11.6 Å². The second-order valence-electron chi connectivity index (χ2n) is 8.67. The molecule has 4 rings (SSSR count). The summed E-state index contributed by atoms with van der Waals surface area (Å²) in [4.78, 5) is 20.0. The van der Waals surface area contributed by atoms with Crippen LogP contribution in [0.2, 0.25) is 0 Å². The first-order chi connectivity index (χ1) is 16.7. The molecule has 3 atom stereocenters. The molecule has 0 aliphatic carbocycles. The van der Waals surface area contributed by atoms with E-state index in [4.69, 9.17) is 0 Å². The van der Waals surface area contributed by atoms with Crippen molar-refractivity contribution in [2.75, 3.05) is 0 Å². The first kappa shape index (κ1) is 24.9. The number of rotatable bonds is 6. The van der Waals surface area contributed by atoms with Crippen LogP contribution < -0.4 is 5.32 Å². The van der Waals surface area contributed by atoms with Crippen molar-refractivity contribution in [2.45, 2.75) is 50.6 Å². The summed E-state index contributed by atoms with van der Waals surface area (Å²) in [6.45, 7) is 3.01. The quantitative estimate of drug-likeness (QED) is 0.545. The number of carbonyl (C=O) groups is 1. The van der Waals surface area contributed by atoms with Crippen molar-refractivity contribution in [3.63, 3.8) is 0 Å². The van der Waals surface area contributed by atoms with Crippen molar-refractivity contribution in [1.82, 2.24) is 19.6 Å². The lowest BCUT2D eigenvalue weighted by Gasteiger charge is -2.37. The van der Waals surface area contributed by atoms with Crippen molar-refractivity contribution in [2.24, 2.45) is 0 Å². The van der Waals surface area contributed by atoms with E-state index in [0.717, 1.165) is 12.1 Å². The van der Waals surface area contributed by atoms with Crippen molar-refractivity contribution < 1.29 is 22.0 Å². The van der Waals surface area contributed by atoms with Gasteiger partial charge in [-0.2, -0.15) is 4.31 Å². The number of benzene rings is 2. The van der Waals surface area contributed by atoms with Gasteiger partial charge in [-0.25, -0.2) is 22.2 Å². The van der Waals surface area contributed by atoms with Crippen LogP contribution >= 0.6 is 0 Å². The molecular formula is C25H26F2N4O3S. The van der Waals surface area contributed by atoms with Crippen LogP contribution in [0.25, 0.3) is 0 Å². The van der Waals surface area contributed by atoms with Crippen LogP contribution in [-0.4, -0.2) is 34.6 Å². The van der Waals surface area contributed by atoms with E-state index < -0.39 is 38.9 Å². The number of amides is 1. The van der Waals surface area contributed by atoms with Gasteiger partial charge >= 0.3 is 0 Å². The van der Waals surface area contributed by atoms with Crippen LogP contribution in [0.1, 0.15) is 65.2 Å². The summed E-state index contributed by atoms with van der Waals surface area (Å²) in [6.07, 6.45) is 5.10. The van der Waals surface area contributed by atoms with Gasteiger partial charge in [0.2, 0.25) is 10.0 Å². The molecule has 184 valence electrons. The minimum absolute atomic E-state index is 0.0501. The van der Waals surface area contributed by atoms with Crippen molar-refractivity contribution in [3.05, 3.63) is 95.1 Å². The number of nitrogens with one attached hydrogen (secondary N) is 1.